The van der Waals surface area contributed by atoms with Gasteiger partial charge in [-0.1, -0.05) is 56.1 Å². The molecule has 0 radical (unpaired) electrons. The third-order valence-electron chi connectivity index (χ3n) is 4.15. The van der Waals surface area contributed by atoms with Gasteiger partial charge in [0.05, 0.1) is 0 Å². The number of rotatable bonds is 4. The lowest BCUT2D eigenvalue weighted by molar-refractivity contribution is 0.451. The highest BCUT2D eigenvalue weighted by Crippen LogP contribution is 2.35. The fraction of sp³-hybridized carbons (Fsp3) is 0.333. The second kappa shape index (κ2) is 6.64. The molecule has 1 aliphatic rings. The Morgan fingerprint density at radius 1 is 1.14 bits per heavy atom. The molecular weight excluding hydrogens is 390 g/mol. The summed E-state index contributed by atoms with van der Waals surface area (Å²) in [6.07, 6.45) is 3.43. The fourth-order valence-electron chi connectivity index (χ4n) is 3.16. The minimum Gasteiger partial charge on any atom is -0.307 e. The molecule has 3 rings (SSSR count). The van der Waals surface area contributed by atoms with E-state index in [1.54, 1.807) is 0 Å². The van der Waals surface area contributed by atoms with Gasteiger partial charge in [0, 0.05) is 21.0 Å². The summed E-state index contributed by atoms with van der Waals surface area (Å²) in [6, 6.07) is 16.1. The molecule has 0 spiro atoms. The average Bonchev–Trinajstić information content (AvgIpc) is 2.86. The minimum atomic E-state index is 0.473. The summed E-state index contributed by atoms with van der Waals surface area (Å²) in [4.78, 5) is 0. The molecule has 0 heterocycles. The van der Waals surface area contributed by atoms with Crippen LogP contribution < -0.4 is 5.32 Å². The second-order valence-corrected chi connectivity index (χ2v) is 7.57. The van der Waals surface area contributed by atoms with Gasteiger partial charge in [0.2, 0.25) is 0 Å². The molecule has 0 amide bonds. The Hall–Kier alpha value is -0.640. The lowest BCUT2D eigenvalue weighted by Crippen LogP contribution is -2.31. The number of hydrogen-bond donors (Lipinski definition) is 1. The lowest BCUT2D eigenvalue weighted by atomic mass is 10.0. The van der Waals surface area contributed by atoms with Crippen LogP contribution in [0.15, 0.2) is 51.4 Å². The van der Waals surface area contributed by atoms with Gasteiger partial charge in [-0.3, -0.25) is 0 Å². The van der Waals surface area contributed by atoms with Crippen LogP contribution in [0.2, 0.25) is 0 Å². The zero-order valence-electron chi connectivity index (χ0n) is 12.1. The molecule has 21 heavy (non-hydrogen) atoms. The fourth-order valence-corrected chi connectivity index (χ4v) is 4.00. The summed E-state index contributed by atoms with van der Waals surface area (Å²) >= 11 is 7.16. The molecular formula is C18H19Br2N. The maximum atomic E-state index is 3.79. The van der Waals surface area contributed by atoms with Crippen molar-refractivity contribution in [1.82, 2.24) is 5.32 Å². The van der Waals surface area contributed by atoms with Gasteiger partial charge < -0.3 is 5.32 Å². The second-order valence-electron chi connectivity index (χ2n) is 5.80. The first kappa shape index (κ1) is 15.3. The van der Waals surface area contributed by atoms with Crippen LogP contribution in [0.4, 0.5) is 0 Å². The highest BCUT2D eigenvalue weighted by Gasteiger charge is 2.24. The van der Waals surface area contributed by atoms with Crippen molar-refractivity contribution in [2.75, 3.05) is 0 Å². The van der Waals surface area contributed by atoms with Gasteiger partial charge in [-0.25, -0.2) is 0 Å². The van der Waals surface area contributed by atoms with Crippen molar-refractivity contribution in [2.45, 2.75) is 38.3 Å². The maximum absolute atomic E-state index is 3.79. The molecule has 2 aromatic rings. The van der Waals surface area contributed by atoms with E-state index >= 15 is 0 Å². The number of nitrogens with one attached hydrogen (secondary N) is 1. The highest BCUT2D eigenvalue weighted by atomic mass is 79.9. The molecule has 1 N–H and O–H groups in total. The van der Waals surface area contributed by atoms with E-state index in [1.807, 2.05) is 0 Å². The van der Waals surface area contributed by atoms with E-state index in [0.29, 0.717) is 12.1 Å². The first-order valence-electron chi connectivity index (χ1n) is 7.41. The van der Waals surface area contributed by atoms with E-state index in [9.17, 15) is 0 Å². The molecule has 1 aliphatic carbocycles. The third-order valence-corrected chi connectivity index (χ3v) is 5.43. The standard InChI is InChI=1S/C18H19Br2N/c1-12(11-13-5-7-14(19)8-6-13)21-18-10-9-15-16(18)3-2-4-17(15)20/h2-8,12,18,21H,9-11H2,1H3. The molecule has 0 fully saturated rings. The molecule has 110 valence electrons. The zero-order valence-corrected chi connectivity index (χ0v) is 15.2. The normalized spacial score (nSPS) is 18.5. The smallest absolute Gasteiger partial charge is 0.0328 e. The molecule has 0 saturated heterocycles. The minimum absolute atomic E-state index is 0.473. The largest absolute Gasteiger partial charge is 0.307 e. The Balaban J connectivity index is 1.65. The van der Waals surface area contributed by atoms with Crippen molar-refractivity contribution in [3.63, 3.8) is 0 Å². The van der Waals surface area contributed by atoms with Crippen molar-refractivity contribution in [3.8, 4) is 0 Å². The van der Waals surface area contributed by atoms with Gasteiger partial charge in [-0.15, -0.1) is 0 Å². The summed E-state index contributed by atoms with van der Waals surface area (Å²) < 4.78 is 2.39. The summed E-state index contributed by atoms with van der Waals surface area (Å²) in [7, 11) is 0. The third kappa shape index (κ3) is 3.58. The molecule has 0 aromatic heterocycles. The van der Waals surface area contributed by atoms with Crippen molar-refractivity contribution in [1.29, 1.82) is 0 Å². The van der Waals surface area contributed by atoms with Crippen molar-refractivity contribution in [3.05, 3.63) is 68.1 Å². The van der Waals surface area contributed by atoms with E-state index < -0.39 is 0 Å². The summed E-state index contributed by atoms with van der Waals surface area (Å²) in [5.74, 6) is 0. The number of hydrogen-bond acceptors (Lipinski definition) is 1. The van der Waals surface area contributed by atoms with Crippen LogP contribution in [0.5, 0.6) is 0 Å². The lowest BCUT2D eigenvalue weighted by Gasteiger charge is -2.20. The molecule has 1 nitrogen and oxygen atoms in total. The van der Waals surface area contributed by atoms with E-state index in [1.165, 1.54) is 34.0 Å². The molecule has 0 bridgehead atoms. The van der Waals surface area contributed by atoms with Crippen molar-refractivity contribution < 1.29 is 0 Å². The van der Waals surface area contributed by atoms with E-state index in [4.69, 9.17) is 0 Å². The van der Waals surface area contributed by atoms with Crippen LogP contribution in [-0.4, -0.2) is 6.04 Å². The van der Waals surface area contributed by atoms with E-state index in [0.717, 1.165) is 10.9 Å². The van der Waals surface area contributed by atoms with Gasteiger partial charge in [0.15, 0.2) is 0 Å². The van der Waals surface area contributed by atoms with E-state index in [-0.39, 0.29) is 0 Å². The SMILES string of the molecule is CC(Cc1ccc(Br)cc1)NC1CCc2c(Br)cccc21. The van der Waals surface area contributed by atoms with Gasteiger partial charge in [-0.05, 0) is 61.1 Å². The summed E-state index contributed by atoms with van der Waals surface area (Å²) in [6.45, 7) is 2.28. The van der Waals surface area contributed by atoms with Crippen LogP contribution in [0, 0.1) is 0 Å². The van der Waals surface area contributed by atoms with Crippen LogP contribution in [0.1, 0.15) is 36.1 Å². The number of fused-ring (bicyclic) bond motifs is 1. The Morgan fingerprint density at radius 3 is 2.67 bits per heavy atom. The first-order valence-corrected chi connectivity index (χ1v) is 9.00. The molecule has 2 unspecified atom stereocenters. The highest BCUT2D eigenvalue weighted by molar-refractivity contribution is 9.10. The van der Waals surface area contributed by atoms with Crippen LogP contribution in [0.25, 0.3) is 0 Å². The maximum Gasteiger partial charge on any atom is 0.0328 e. The first-order chi connectivity index (χ1) is 10.1. The predicted molar refractivity (Wildman–Crippen MR) is 95.6 cm³/mol. The van der Waals surface area contributed by atoms with Gasteiger partial charge in [0.1, 0.15) is 0 Å². The Bertz CT molecular complexity index is 622. The molecule has 0 aliphatic heterocycles. The molecule has 0 saturated carbocycles. The summed E-state index contributed by atoms with van der Waals surface area (Å²) in [5.41, 5.74) is 4.32. The average molecular weight is 409 g/mol. The Labute approximate surface area is 143 Å². The molecule has 2 aromatic carbocycles. The monoisotopic (exact) mass is 407 g/mol. The van der Waals surface area contributed by atoms with E-state index in [2.05, 4.69) is 86.6 Å². The van der Waals surface area contributed by atoms with Crippen molar-refractivity contribution in [2.24, 2.45) is 0 Å². The zero-order chi connectivity index (χ0) is 14.8. The van der Waals surface area contributed by atoms with Crippen LogP contribution in [0.3, 0.4) is 0 Å². The number of halogens is 2. The van der Waals surface area contributed by atoms with Crippen molar-refractivity contribution >= 4 is 31.9 Å². The van der Waals surface area contributed by atoms with Gasteiger partial charge >= 0.3 is 0 Å². The van der Waals surface area contributed by atoms with Gasteiger partial charge in [0.25, 0.3) is 0 Å². The van der Waals surface area contributed by atoms with Gasteiger partial charge in [-0.2, -0.15) is 0 Å². The topological polar surface area (TPSA) is 12.0 Å². The quantitative estimate of drug-likeness (QED) is 0.712. The Morgan fingerprint density at radius 2 is 1.90 bits per heavy atom. The summed E-state index contributed by atoms with van der Waals surface area (Å²) in [5, 5.41) is 3.79. The predicted octanol–water partition coefficient (Wildman–Crippen LogP) is 5.42. The molecule has 3 heteroatoms. The number of benzene rings is 2. The Kier molecular flexibility index (Phi) is 4.82. The molecule has 2 atom stereocenters. The van der Waals surface area contributed by atoms with Crippen LogP contribution in [-0.2, 0) is 12.8 Å². The van der Waals surface area contributed by atoms with Crippen LogP contribution >= 0.6 is 31.9 Å².